The van der Waals surface area contributed by atoms with Gasteiger partial charge >= 0.3 is 0 Å². The Morgan fingerprint density at radius 2 is 2.29 bits per heavy atom. The van der Waals surface area contributed by atoms with Crippen LogP contribution in [0.4, 0.5) is 0 Å². The number of hydrogen-bond acceptors (Lipinski definition) is 2. The third-order valence-electron chi connectivity index (χ3n) is 3.35. The number of carbonyl (C=O) groups is 1. The van der Waals surface area contributed by atoms with Gasteiger partial charge in [0, 0.05) is 13.1 Å². The topological polar surface area (TPSA) is 32.3 Å². The molecule has 2 aliphatic rings. The van der Waals surface area contributed by atoms with Gasteiger partial charge in [0.25, 0.3) is 0 Å². The number of hydrogen-bond donors (Lipinski definition) is 1. The normalized spacial score (nSPS) is 31.0. The van der Waals surface area contributed by atoms with Crippen LogP contribution in [-0.2, 0) is 4.79 Å². The smallest absolute Gasteiger partial charge is 0.239 e. The van der Waals surface area contributed by atoms with Crippen molar-refractivity contribution in [3.8, 4) is 0 Å². The van der Waals surface area contributed by atoms with E-state index in [0.29, 0.717) is 11.3 Å². The number of carbonyl (C=O) groups excluding carboxylic acids is 1. The Bertz CT molecular complexity index is 231. The van der Waals surface area contributed by atoms with Crippen LogP contribution in [0.2, 0.25) is 0 Å². The monoisotopic (exact) mass is 196 g/mol. The lowest BCUT2D eigenvalue weighted by Gasteiger charge is -2.22. The lowest BCUT2D eigenvalue weighted by molar-refractivity contribution is -0.132. The number of nitrogens with zero attached hydrogens (tertiary/aromatic N) is 1. The zero-order chi connectivity index (χ0) is 10.2. The first kappa shape index (κ1) is 9.97. The quantitative estimate of drug-likeness (QED) is 0.678. The van der Waals surface area contributed by atoms with E-state index in [4.69, 9.17) is 0 Å². The largest absolute Gasteiger partial charge is 0.341 e. The summed E-state index contributed by atoms with van der Waals surface area (Å²) in [6.07, 6.45) is 3.31. The van der Waals surface area contributed by atoms with Gasteiger partial charge in [-0.3, -0.25) is 4.79 Å². The highest BCUT2D eigenvalue weighted by molar-refractivity contribution is 5.82. The van der Waals surface area contributed by atoms with Crippen molar-refractivity contribution in [1.29, 1.82) is 0 Å². The highest BCUT2D eigenvalue weighted by atomic mass is 16.2. The van der Waals surface area contributed by atoms with E-state index in [9.17, 15) is 4.79 Å². The van der Waals surface area contributed by atoms with Gasteiger partial charge < -0.3 is 10.2 Å². The fraction of sp³-hybridized carbons (Fsp3) is 0.909. The first-order valence-electron chi connectivity index (χ1n) is 5.61. The molecule has 3 nitrogen and oxygen atoms in total. The highest BCUT2D eigenvalue weighted by Gasteiger charge is 2.35. The highest BCUT2D eigenvalue weighted by Crippen LogP contribution is 2.29. The fourth-order valence-electron chi connectivity index (χ4n) is 2.42. The van der Waals surface area contributed by atoms with Crippen LogP contribution in [-0.4, -0.2) is 36.5 Å². The third kappa shape index (κ3) is 1.92. The Morgan fingerprint density at radius 1 is 1.50 bits per heavy atom. The van der Waals surface area contributed by atoms with Crippen LogP contribution in [0.25, 0.3) is 0 Å². The molecule has 1 amide bonds. The summed E-state index contributed by atoms with van der Waals surface area (Å²) in [5.41, 5.74) is 0.328. The molecule has 0 aromatic heterocycles. The molecule has 2 heterocycles. The zero-order valence-electron chi connectivity index (χ0n) is 9.18. The predicted molar refractivity (Wildman–Crippen MR) is 56.0 cm³/mol. The van der Waals surface area contributed by atoms with Crippen LogP contribution >= 0.6 is 0 Å². The molecule has 80 valence electrons. The second-order valence-corrected chi connectivity index (χ2v) is 5.32. The van der Waals surface area contributed by atoms with Crippen molar-refractivity contribution in [1.82, 2.24) is 10.2 Å². The van der Waals surface area contributed by atoms with Crippen LogP contribution in [0, 0.1) is 5.41 Å². The molecule has 0 bridgehead atoms. The molecule has 14 heavy (non-hydrogen) atoms. The standard InChI is InChI=1S/C11H20N2O/c1-11(2)5-7-13(8-11)10(14)9-4-3-6-12-9/h9,12H,3-8H2,1-2H3/t9-/m0/s1. The van der Waals surface area contributed by atoms with Crippen molar-refractivity contribution in [3.05, 3.63) is 0 Å². The van der Waals surface area contributed by atoms with Crippen LogP contribution in [0.15, 0.2) is 0 Å². The molecule has 2 rings (SSSR count). The Morgan fingerprint density at radius 3 is 2.79 bits per heavy atom. The van der Waals surface area contributed by atoms with E-state index < -0.39 is 0 Å². The van der Waals surface area contributed by atoms with Crippen molar-refractivity contribution in [2.45, 2.75) is 39.2 Å². The molecule has 0 saturated carbocycles. The maximum Gasteiger partial charge on any atom is 0.239 e. The third-order valence-corrected chi connectivity index (χ3v) is 3.35. The van der Waals surface area contributed by atoms with Gasteiger partial charge in [0.15, 0.2) is 0 Å². The predicted octanol–water partition coefficient (Wildman–Crippen LogP) is 0.997. The molecule has 0 spiro atoms. The maximum absolute atomic E-state index is 12.0. The summed E-state index contributed by atoms with van der Waals surface area (Å²) in [5, 5.41) is 3.27. The Balaban J connectivity index is 1.92. The summed E-state index contributed by atoms with van der Waals surface area (Å²) < 4.78 is 0. The van der Waals surface area contributed by atoms with E-state index in [1.54, 1.807) is 0 Å². The molecular formula is C11H20N2O. The van der Waals surface area contributed by atoms with Crippen molar-refractivity contribution >= 4 is 5.91 Å². The number of rotatable bonds is 1. The average molecular weight is 196 g/mol. The van der Waals surface area contributed by atoms with Crippen molar-refractivity contribution < 1.29 is 4.79 Å². The summed E-state index contributed by atoms with van der Waals surface area (Å²) in [4.78, 5) is 14.0. The minimum atomic E-state index is 0.115. The molecular weight excluding hydrogens is 176 g/mol. The van der Waals surface area contributed by atoms with Gasteiger partial charge in [-0.2, -0.15) is 0 Å². The number of amides is 1. The molecule has 1 atom stereocenters. The zero-order valence-corrected chi connectivity index (χ0v) is 9.18. The second-order valence-electron chi connectivity index (χ2n) is 5.32. The van der Waals surface area contributed by atoms with Crippen molar-refractivity contribution in [3.63, 3.8) is 0 Å². The summed E-state index contributed by atoms with van der Waals surface area (Å²) in [5.74, 6) is 0.327. The van der Waals surface area contributed by atoms with Gasteiger partial charge in [0.05, 0.1) is 6.04 Å². The van der Waals surface area contributed by atoms with Crippen LogP contribution in [0.1, 0.15) is 33.1 Å². The first-order valence-corrected chi connectivity index (χ1v) is 5.61. The minimum absolute atomic E-state index is 0.115. The van der Waals surface area contributed by atoms with E-state index in [0.717, 1.165) is 38.9 Å². The first-order chi connectivity index (χ1) is 6.58. The van der Waals surface area contributed by atoms with Gasteiger partial charge in [-0.05, 0) is 31.2 Å². The molecule has 0 unspecified atom stereocenters. The van der Waals surface area contributed by atoms with Gasteiger partial charge in [-0.25, -0.2) is 0 Å². The molecule has 2 saturated heterocycles. The minimum Gasteiger partial charge on any atom is -0.341 e. The van der Waals surface area contributed by atoms with E-state index in [1.165, 1.54) is 0 Å². The Labute approximate surface area is 85.8 Å². The summed E-state index contributed by atoms with van der Waals surface area (Å²) in [6.45, 7) is 7.37. The van der Waals surface area contributed by atoms with Crippen molar-refractivity contribution in [2.75, 3.05) is 19.6 Å². The molecule has 2 aliphatic heterocycles. The lowest BCUT2D eigenvalue weighted by Crippen LogP contribution is -2.42. The summed E-state index contributed by atoms with van der Waals surface area (Å²) in [7, 11) is 0. The van der Waals surface area contributed by atoms with E-state index >= 15 is 0 Å². The molecule has 3 heteroatoms. The van der Waals surface area contributed by atoms with Crippen LogP contribution < -0.4 is 5.32 Å². The van der Waals surface area contributed by atoms with Crippen LogP contribution in [0.5, 0.6) is 0 Å². The molecule has 1 N–H and O–H groups in total. The second kappa shape index (κ2) is 3.54. The number of likely N-dealkylation sites (tertiary alicyclic amines) is 1. The Hall–Kier alpha value is -0.570. The molecule has 0 radical (unpaired) electrons. The lowest BCUT2D eigenvalue weighted by atomic mass is 9.93. The Kier molecular flexibility index (Phi) is 2.52. The van der Waals surface area contributed by atoms with E-state index in [-0.39, 0.29) is 6.04 Å². The molecule has 2 fully saturated rings. The van der Waals surface area contributed by atoms with Crippen molar-refractivity contribution in [2.24, 2.45) is 5.41 Å². The molecule has 0 aromatic rings. The summed E-state index contributed by atoms with van der Waals surface area (Å²) >= 11 is 0. The van der Waals surface area contributed by atoms with E-state index in [1.807, 2.05) is 4.90 Å². The maximum atomic E-state index is 12.0. The SMILES string of the molecule is CC1(C)CCN(C(=O)[C@@H]2CCCN2)C1. The fourth-order valence-corrected chi connectivity index (χ4v) is 2.42. The van der Waals surface area contributed by atoms with Gasteiger partial charge in [0.1, 0.15) is 0 Å². The average Bonchev–Trinajstić information content (AvgIpc) is 2.72. The van der Waals surface area contributed by atoms with Gasteiger partial charge in [0.2, 0.25) is 5.91 Å². The van der Waals surface area contributed by atoms with Crippen LogP contribution in [0.3, 0.4) is 0 Å². The number of nitrogens with one attached hydrogen (secondary N) is 1. The molecule has 0 aromatic carbocycles. The summed E-state index contributed by atoms with van der Waals surface area (Å²) in [6, 6.07) is 0.115. The van der Waals surface area contributed by atoms with E-state index in [2.05, 4.69) is 19.2 Å². The van der Waals surface area contributed by atoms with Gasteiger partial charge in [-0.15, -0.1) is 0 Å². The van der Waals surface area contributed by atoms with Gasteiger partial charge in [-0.1, -0.05) is 13.8 Å². The molecule has 0 aliphatic carbocycles.